The maximum atomic E-state index is 12.7. The standard InChI is InChI=1S/C22H31ClN4O3/c23-19-16-18(4-5-20(19)25-8-2-1-3-9-25)24-22(29)27-10-6-17(7-11-27)21(28)26-12-14-30-15-13-26/h4-5,16-17H,1-3,6-15H2,(H,24,29). The number of piperidine rings is 2. The third-order valence-electron chi connectivity index (χ3n) is 6.35. The van der Waals surface area contributed by atoms with Gasteiger partial charge in [0.05, 0.1) is 23.9 Å². The van der Waals surface area contributed by atoms with E-state index in [0.717, 1.165) is 18.8 Å². The minimum atomic E-state index is -0.130. The number of anilines is 2. The van der Waals surface area contributed by atoms with E-state index in [4.69, 9.17) is 16.3 Å². The lowest BCUT2D eigenvalue weighted by molar-refractivity contribution is -0.140. The maximum Gasteiger partial charge on any atom is 0.321 e. The molecule has 30 heavy (non-hydrogen) atoms. The van der Waals surface area contributed by atoms with E-state index in [1.165, 1.54) is 19.3 Å². The van der Waals surface area contributed by atoms with Crippen LogP contribution in [0.5, 0.6) is 0 Å². The smallest absolute Gasteiger partial charge is 0.321 e. The van der Waals surface area contributed by atoms with E-state index in [9.17, 15) is 9.59 Å². The van der Waals surface area contributed by atoms with Crippen LogP contribution < -0.4 is 10.2 Å². The van der Waals surface area contributed by atoms with Crippen molar-refractivity contribution in [1.29, 1.82) is 0 Å². The summed E-state index contributed by atoms with van der Waals surface area (Å²) in [6, 6.07) is 5.62. The first-order chi connectivity index (χ1) is 14.6. The highest BCUT2D eigenvalue weighted by molar-refractivity contribution is 6.33. The van der Waals surface area contributed by atoms with E-state index in [-0.39, 0.29) is 17.9 Å². The topological polar surface area (TPSA) is 65.1 Å². The molecule has 0 unspecified atom stereocenters. The van der Waals surface area contributed by atoms with Crippen molar-refractivity contribution in [2.75, 3.05) is 62.7 Å². The molecule has 3 aliphatic heterocycles. The molecule has 3 amide bonds. The largest absolute Gasteiger partial charge is 0.378 e. The number of morpholine rings is 1. The van der Waals surface area contributed by atoms with Crippen LogP contribution in [0.1, 0.15) is 32.1 Å². The molecule has 0 spiro atoms. The highest BCUT2D eigenvalue weighted by Crippen LogP contribution is 2.31. The number of urea groups is 1. The van der Waals surface area contributed by atoms with Crippen LogP contribution in [0.3, 0.4) is 0 Å². The van der Waals surface area contributed by atoms with Crippen molar-refractivity contribution in [2.24, 2.45) is 5.92 Å². The van der Waals surface area contributed by atoms with Crippen LogP contribution in [0, 0.1) is 5.92 Å². The third kappa shape index (κ3) is 5.01. The fourth-order valence-corrected chi connectivity index (χ4v) is 4.85. The molecule has 3 fully saturated rings. The van der Waals surface area contributed by atoms with Crippen molar-refractivity contribution in [3.8, 4) is 0 Å². The molecule has 0 radical (unpaired) electrons. The van der Waals surface area contributed by atoms with Crippen molar-refractivity contribution in [3.05, 3.63) is 23.2 Å². The Morgan fingerprint density at radius 2 is 1.63 bits per heavy atom. The molecule has 1 aromatic rings. The fourth-order valence-electron chi connectivity index (χ4n) is 4.55. The summed E-state index contributed by atoms with van der Waals surface area (Å²) in [7, 11) is 0. The minimum Gasteiger partial charge on any atom is -0.378 e. The van der Waals surface area contributed by atoms with Crippen LogP contribution in [0.4, 0.5) is 16.2 Å². The molecular weight excluding hydrogens is 404 g/mol. The second-order valence-electron chi connectivity index (χ2n) is 8.34. The number of rotatable bonds is 3. The van der Waals surface area contributed by atoms with Crippen molar-refractivity contribution < 1.29 is 14.3 Å². The fraction of sp³-hybridized carbons (Fsp3) is 0.636. The van der Waals surface area contributed by atoms with Gasteiger partial charge in [-0.15, -0.1) is 0 Å². The Labute approximate surface area is 183 Å². The van der Waals surface area contributed by atoms with Gasteiger partial charge in [-0.05, 0) is 50.3 Å². The summed E-state index contributed by atoms with van der Waals surface area (Å²) in [5, 5.41) is 3.63. The monoisotopic (exact) mass is 434 g/mol. The molecular formula is C22H31ClN4O3. The number of benzene rings is 1. The maximum absolute atomic E-state index is 12.7. The summed E-state index contributed by atoms with van der Waals surface area (Å²) < 4.78 is 5.33. The molecule has 0 bridgehead atoms. The number of carbonyl (C=O) groups is 2. The van der Waals surface area contributed by atoms with E-state index >= 15 is 0 Å². The van der Waals surface area contributed by atoms with Crippen LogP contribution in [-0.4, -0.2) is 74.2 Å². The summed E-state index contributed by atoms with van der Waals surface area (Å²) in [6.45, 7) is 5.82. The number of hydrogen-bond donors (Lipinski definition) is 1. The molecule has 3 heterocycles. The van der Waals surface area contributed by atoms with Gasteiger partial charge in [0.1, 0.15) is 0 Å². The summed E-state index contributed by atoms with van der Waals surface area (Å²) in [5.74, 6) is 0.212. The number of ether oxygens (including phenoxy) is 1. The van der Waals surface area contributed by atoms with Gasteiger partial charge in [-0.25, -0.2) is 4.79 Å². The zero-order valence-electron chi connectivity index (χ0n) is 17.4. The first-order valence-corrected chi connectivity index (χ1v) is 11.5. The van der Waals surface area contributed by atoms with Crippen LogP contribution in [-0.2, 0) is 9.53 Å². The van der Waals surface area contributed by atoms with E-state index in [1.807, 2.05) is 23.1 Å². The Balaban J connectivity index is 1.28. The van der Waals surface area contributed by atoms with Gasteiger partial charge in [-0.2, -0.15) is 0 Å². The Morgan fingerprint density at radius 1 is 0.933 bits per heavy atom. The zero-order valence-corrected chi connectivity index (χ0v) is 18.2. The molecule has 3 aliphatic rings. The number of halogens is 1. The SMILES string of the molecule is O=C(Nc1ccc(N2CCCCC2)c(Cl)c1)N1CCC(C(=O)N2CCOCC2)CC1. The Kier molecular flexibility index (Phi) is 7.00. The van der Waals surface area contributed by atoms with Crippen molar-refractivity contribution in [3.63, 3.8) is 0 Å². The molecule has 164 valence electrons. The summed E-state index contributed by atoms with van der Waals surface area (Å²) in [4.78, 5) is 31.3. The van der Waals surface area contributed by atoms with Gasteiger partial charge in [0, 0.05) is 50.9 Å². The third-order valence-corrected chi connectivity index (χ3v) is 6.65. The van der Waals surface area contributed by atoms with Gasteiger partial charge in [0.15, 0.2) is 0 Å². The van der Waals surface area contributed by atoms with Gasteiger partial charge in [0.25, 0.3) is 0 Å². The average Bonchev–Trinajstić information content (AvgIpc) is 2.80. The number of nitrogens with zero attached hydrogens (tertiary/aromatic N) is 3. The van der Waals surface area contributed by atoms with Crippen molar-refractivity contribution >= 4 is 34.9 Å². The second-order valence-corrected chi connectivity index (χ2v) is 8.75. The number of amides is 3. The molecule has 0 aromatic heterocycles. The van der Waals surface area contributed by atoms with Gasteiger partial charge in [-0.3, -0.25) is 4.79 Å². The normalized spacial score (nSPS) is 20.9. The number of likely N-dealkylation sites (tertiary alicyclic amines) is 1. The molecule has 0 atom stereocenters. The average molecular weight is 435 g/mol. The number of hydrogen-bond acceptors (Lipinski definition) is 4. The lowest BCUT2D eigenvalue weighted by Crippen LogP contribution is -2.48. The van der Waals surface area contributed by atoms with Crippen molar-refractivity contribution in [2.45, 2.75) is 32.1 Å². The predicted molar refractivity (Wildman–Crippen MR) is 118 cm³/mol. The second kappa shape index (κ2) is 9.88. The lowest BCUT2D eigenvalue weighted by Gasteiger charge is -2.35. The van der Waals surface area contributed by atoms with Gasteiger partial charge >= 0.3 is 6.03 Å². The van der Waals surface area contributed by atoms with Crippen LogP contribution in [0.15, 0.2) is 18.2 Å². The minimum absolute atomic E-state index is 0.00502. The molecule has 0 saturated carbocycles. The van der Waals surface area contributed by atoms with E-state index in [0.29, 0.717) is 62.9 Å². The molecule has 8 heteroatoms. The predicted octanol–water partition coefficient (Wildman–Crippen LogP) is 3.43. The molecule has 4 rings (SSSR count). The summed E-state index contributed by atoms with van der Waals surface area (Å²) in [6.07, 6.45) is 5.07. The highest BCUT2D eigenvalue weighted by atomic mass is 35.5. The first kappa shape index (κ1) is 21.2. The van der Waals surface area contributed by atoms with Gasteiger partial charge < -0.3 is 24.8 Å². The van der Waals surface area contributed by atoms with Crippen molar-refractivity contribution in [1.82, 2.24) is 9.80 Å². The molecule has 0 aliphatic carbocycles. The zero-order chi connectivity index (χ0) is 20.9. The summed E-state index contributed by atoms with van der Waals surface area (Å²) in [5.41, 5.74) is 1.74. The molecule has 3 saturated heterocycles. The highest BCUT2D eigenvalue weighted by Gasteiger charge is 2.31. The van der Waals surface area contributed by atoms with Gasteiger partial charge in [0.2, 0.25) is 5.91 Å². The Morgan fingerprint density at radius 3 is 2.30 bits per heavy atom. The Bertz CT molecular complexity index is 755. The quantitative estimate of drug-likeness (QED) is 0.791. The Hall–Kier alpha value is -1.99. The molecule has 7 nitrogen and oxygen atoms in total. The lowest BCUT2D eigenvalue weighted by atomic mass is 9.95. The van der Waals surface area contributed by atoms with E-state index in [1.54, 1.807) is 4.90 Å². The molecule has 1 N–H and O–H groups in total. The molecule has 1 aromatic carbocycles. The summed E-state index contributed by atoms with van der Waals surface area (Å²) >= 11 is 6.50. The number of carbonyl (C=O) groups excluding carboxylic acids is 2. The van der Waals surface area contributed by atoms with Gasteiger partial charge in [-0.1, -0.05) is 11.6 Å². The van der Waals surface area contributed by atoms with Crippen LogP contribution in [0.2, 0.25) is 5.02 Å². The van der Waals surface area contributed by atoms with Crippen LogP contribution >= 0.6 is 11.6 Å². The van der Waals surface area contributed by atoms with E-state index in [2.05, 4.69) is 10.2 Å². The first-order valence-electron chi connectivity index (χ1n) is 11.1. The van der Waals surface area contributed by atoms with Crippen LogP contribution in [0.25, 0.3) is 0 Å². The van der Waals surface area contributed by atoms with E-state index < -0.39 is 0 Å². The number of nitrogens with one attached hydrogen (secondary N) is 1.